The zero-order chi connectivity index (χ0) is 15.4. The Morgan fingerprint density at radius 1 is 1.24 bits per heavy atom. The highest BCUT2D eigenvalue weighted by molar-refractivity contribution is 6.31. The van der Waals surface area contributed by atoms with Crippen LogP contribution in [0.3, 0.4) is 0 Å². The van der Waals surface area contributed by atoms with Gasteiger partial charge in [0.1, 0.15) is 0 Å². The Bertz CT molecular complexity index is 544. The molecular weight excluding hydrogens is 296 g/mol. The molecule has 0 atom stereocenters. The number of halogens is 1. The van der Waals surface area contributed by atoms with Gasteiger partial charge in [-0.3, -0.25) is 5.43 Å². The highest BCUT2D eigenvalue weighted by atomic mass is 35.5. The molecule has 1 aliphatic rings. The summed E-state index contributed by atoms with van der Waals surface area (Å²) in [6, 6.07) is 3.75. The number of aromatic carboxylic acids is 1. The second kappa shape index (κ2) is 6.75. The first-order valence-electron chi connectivity index (χ1n) is 6.49. The first-order chi connectivity index (χ1) is 9.95. The zero-order valence-electron chi connectivity index (χ0n) is 11.6. The minimum Gasteiger partial charge on any atom is -0.478 e. The predicted molar refractivity (Wildman–Crippen MR) is 79.6 cm³/mol. The van der Waals surface area contributed by atoms with Gasteiger partial charge in [-0.25, -0.2) is 14.6 Å². The van der Waals surface area contributed by atoms with Crippen LogP contribution in [0.1, 0.15) is 10.4 Å². The number of hydrogen-bond acceptors (Lipinski definition) is 4. The lowest BCUT2D eigenvalue weighted by Gasteiger charge is -2.32. The summed E-state index contributed by atoms with van der Waals surface area (Å²) in [6.45, 7) is 3.14. The van der Waals surface area contributed by atoms with Crippen molar-refractivity contribution in [2.24, 2.45) is 0 Å². The quantitative estimate of drug-likeness (QED) is 0.784. The highest BCUT2D eigenvalue weighted by Crippen LogP contribution is 2.21. The van der Waals surface area contributed by atoms with Gasteiger partial charge in [-0.15, -0.1) is 0 Å². The summed E-state index contributed by atoms with van der Waals surface area (Å²) in [5, 5.41) is 13.8. The molecule has 1 aliphatic heterocycles. The SMILES string of the molecule is CN1CCN(NC(=O)Nc2cc(Cl)ccc2C(=O)O)CC1. The van der Waals surface area contributed by atoms with Gasteiger partial charge in [0.05, 0.1) is 11.3 Å². The molecule has 0 bridgehead atoms. The largest absolute Gasteiger partial charge is 0.478 e. The Hall–Kier alpha value is -1.83. The van der Waals surface area contributed by atoms with Gasteiger partial charge < -0.3 is 15.3 Å². The molecule has 0 radical (unpaired) electrons. The summed E-state index contributed by atoms with van der Waals surface area (Å²) in [5.74, 6) is -1.12. The van der Waals surface area contributed by atoms with E-state index in [9.17, 15) is 9.59 Å². The van der Waals surface area contributed by atoms with Gasteiger partial charge in [-0.05, 0) is 25.2 Å². The van der Waals surface area contributed by atoms with Crippen LogP contribution in [-0.4, -0.2) is 60.2 Å². The highest BCUT2D eigenvalue weighted by Gasteiger charge is 2.17. The van der Waals surface area contributed by atoms with Crippen molar-refractivity contribution in [2.75, 3.05) is 38.5 Å². The Balaban J connectivity index is 1.99. The maximum atomic E-state index is 11.9. The number of benzene rings is 1. The molecule has 1 fully saturated rings. The molecule has 0 saturated carbocycles. The fourth-order valence-corrected chi connectivity index (χ4v) is 2.19. The summed E-state index contributed by atoms with van der Waals surface area (Å²) >= 11 is 5.83. The predicted octanol–water partition coefficient (Wildman–Crippen LogP) is 1.32. The normalized spacial score (nSPS) is 16.5. The molecule has 1 heterocycles. The third-order valence-electron chi connectivity index (χ3n) is 3.22. The molecule has 0 unspecified atom stereocenters. The number of amides is 2. The monoisotopic (exact) mass is 312 g/mol. The van der Waals surface area contributed by atoms with E-state index in [0.717, 1.165) is 13.1 Å². The van der Waals surface area contributed by atoms with Crippen molar-refractivity contribution in [3.63, 3.8) is 0 Å². The molecule has 7 nitrogen and oxygen atoms in total. The van der Waals surface area contributed by atoms with Gasteiger partial charge in [0.25, 0.3) is 0 Å². The number of piperazine rings is 1. The van der Waals surface area contributed by atoms with Gasteiger partial charge >= 0.3 is 12.0 Å². The van der Waals surface area contributed by atoms with Crippen LogP contribution < -0.4 is 10.7 Å². The van der Waals surface area contributed by atoms with E-state index in [1.54, 1.807) is 5.01 Å². The molecule has 0 spiro atoms. The molecule has 2 amide bonds. The van der Waals surface area contributed by atoms with E-state index < -0.39 is 12.0 Å². The lowest BCUT2D eigenvalue weighted by molar-refractivity contribution is 0.0698. The fraction of sp³-hybridized carbons (Fsp3) is 0.385. The van der Waals surface area contributed by atoms with Crippen LogP contribution >= 0.6 is 11.6 Å². The van der Waals surface area contributed by atoms with E-state index in [0.29, 0.717) is 18.1 Å². The van der Waals surface area contributed by atoms with Gasteiger partial charge in [0.15, 0.2) is 0 Å². The molecule has 1 aromatic carbocycles. The van der Waals surface area contributed by atoms with E-state index in [-0.39, 0.29) is 11.3 Å². The summed E-state index contributed by atoms with van der Waals surface area (Å²) < 4.78 is 0. The van der Waals surface area contributed by atoms with Crippen LogP contribution in [0, 0.1) is 0 Å². The van der Waals surface area contributed by atoms with E-state index >= 15 is 0 Å². The first kappa shape index (κ1) is 15.6. The number of nitrogens with zero attached hydrogens (tertiary/aromatic N) is 2. The number of likely N-dealkylation sites (N-methyl/N-ethyl adjacent to an activating group) is 1. The summed E-state index contributed by atoms with van der Waals surface area (Å²) in [6.07, 6.45) is 0. The van der Waals surface area contributed by atoms with Crippen molar-refractivity contribution in [3.8, 4) is 0 Å². The minimum atomic E-state index is -1.12. The Morgan fingerprint density at radius 2 is 1.90 bits per heavy atom. The topological polar surface area (TPSA) is 84.9 Å². The average molecular weight is 313 g/mol. The second-order valence-electron chi connectivity index (χ2n) is 4.85. The number of carbonyl (C=O) groups excluding carboxylic acids is 1. The molecule has 1 aromatic rings. The van der Waals surface area contributed by atoms with Crippen molar-refractivity contribution < 1.29 is 14.7 Å². The molecule has 1 saturated heterocycles. The number of nitrogens with one attached hydrogen (secondary N) is 2. The number of carbonyl (C=O) groups is 2. The molecular formula is C13H17ClN4O3. The van der Waals surface area contributed by atoms with Gasteiger partial charge in [-0.1, -0.05) is 11.6 Å². The summed E-state index contributed by atoms with van der Waals surface area (Å²) in [7, 11) is 2.02. The maximum Gasteiger partial charge on any atom is 0.337 e. The van der Waals surface area contributed by atoms with Crippen molar-refractivity contribution in [2.45, 2.75) is 0 Å². The fourth-order valence-electron chi connectivity index (χ4n) is 2.02. The van der Waals surface area contributed by atoms with E-state index in [1.165, 1.54) is 18.2 Å². The van der Waals surface area contributed by atoms with E-state index in [2.05, 4.69) is 15.6 Å². The van der Waals surface area contributed by atoms with Crippen LogP contribution in [-0.2, 0) is 0 Å². The van der Waals surface area contributed by atoms with Crippen molar-refractivity contribution in [3.05, 3.63) is 28.8 Å². The number of hydrazine groups is 1. The third-order valence-corrected chi connectivity index (χ3v) is 3.46. The molecule has 3 N–H and O–H groups in total. The molecule has 0 aromatic heterocycles. The third kappa shape index (κ3) is 4.32. The van der Waals surface area contributed by atoms with Crippen LogP contribution in [0.4, 0.5) is 10.5 Å². The number of hydrogen-bond donors (Lipinski definition) is 3. The van der Waals surface area contributed by atoms with Crippen molar-refractivity contribution in [1.29, 1.82) is 0 Å². The average Bonchev–Trinajstić information content (AvgIpc) is 2.41. The van der Waals surface area contributed by atoms with Crippen LogP contribution in [0.5, 0.6) is 0 Å². The number of anilines is 1. The molecule has 0 aliphatic carbocycles. The van der Waals surface area contributed by atoms with Crippen LogP contribution in [0.15, 0.2) is 18.2 Å². The molecule has 8 heteroatoms. The smallest absolute Gasteiger partial charge is 0.337 e. The van der Waals surface area contributed by atoms with Gasteiger partial charge in [0, 0.05) is 31.2 Å². The first-order valence-corrected chi connectivity index (χ1v) is 6.87. The van der Waals surface area contributed by atoms with Crippen LogP contribution in [0.25, 0.3) is 0 Å². The van der Waals surface area contributed by atoms with Gasteiger partial charge in [-0.2, -0.15) is 0 Å². The lowest BCUT2D eigenvalue weighted by atomic mass is 10.2. The second-order valence-corrected chi connectivity index (χ2v) is 5.29. The molecule has 21 heavy (non-hydrogen) atoms. The van der Waals surface area contributed by atoms with E-state index in [4.69, 9.17) is 16.7 Å². The number of carboxylic acid groups (broad SMARTS) is 1. The Labute approximate surface area is 127 Å². The Kier molecular flexibility index (Phi) is 5.00. The standard InChI is InChI=1S/C13H17ClN4O3/c1-17-4-6-18(7-5-17)16-13(21)15-11-8-9(14)2-3-10(11)12(19)20/h2-3,8H,4-7H2,1H3,(H,19,20)(H2,15,16,21). The molecule has 2 rings (SSSR count). The number of urea groups is 1. The zero-order valence-corrected chi connectivity index (χ0v) is 12.4. The minimum absolute atomic E-state index is 0.00655. The van der Waals surface area contributed by atoms with Crippen molar-refractivity contribution >= 4 is 29.3 Å². The van der Waals surface area contributed by atoms with Crippen LogP contribution in [0.2, 0.25) is 5.02 Å². The van der Waals surface area contributed by atoms with Crippen molar-refractivity contribution in [1.82, 2.24) is 15.3 Å². The summed E-state index contributed by atoms with van der Waals surface area (Å²) in [4.78, 5) is 25.2. The van der Waals surface area contributed by atoms with Gasteiger partial charge in [0.2, 0.25) is 0 Å². The summed E-state index contributed by atoms with van der Waals surface area (Å²) in [5.41, 5.74) is 2.86. The molecule has 114 valence electrons. The lowest BCUT2D eigenvalue weighted by Crippen LogP contribution is -2.53. The Morgan fingerprint density at radius 3 is 2.52 bits per heavy atom. The number of rotatable bonds is 3. The van der Waals surface area contributed by atoms with E-state index in [1.807, 2.05) is 7.05 Å². The maximum absolute atomic E-state index is 11.9. The number of carboxylic acids is 1.